The molecule has 0 aromatic heterocycles. The summed E-state index contributed by atoms with van der Waals surface area (Å²) in [5, 5.41) is 7.12. The minimum atomic E-state index is -5.08. The molecule has 0 amide bonds. The summed E-state index contributed by atoms with van der Waals surface area (Å²) in [6, 6.07) is 13.9. The Morgan fingerprint density at radius 1 is 0.739 bits per heavy atom. The molecule has 0 atom stereocenters. The van der Waals surface area contributed by atoms with Gasteiger partial charge >= 0.3 is 12.1 Å². The molecule has 0 fully saturated rings. The maximum Gasteiger partial charge on any atom is 0.490 e. The Bertz CT molecular complexity index is 688. The lowest BCUT2D eigenvalue weighted by atomic mass is 9.84. The molecule has 0 radical (unpaired) electrons. The van der Waals surface area contributed by atoms with Crippen molar-refractivity contribution in [3.63, 3.8) is 0 Å². The number of hydrogen-bond donors (Lipinski definition) is 1. The second-order valence-corrected chi connectivity index (χ2v) is 4.55. The fraction of sp³-hybridized carbons (Fsp3) is 0.0625. The first-order valence-electron chi connectivity index (χ1n) is 6.31. The van der Waals surface area contributed by atoms with Crippen LogP contribution in [0.5, 0.6) is 0 Å². The first-order chi connectivity index (χ1) is 10.7. The highest BCUT2D eigenvalue weighted by Gasteiger charge is 2.38. The molecule has 2 aromatic rings. The Balaban J connectivity index is 0.000000236. The van der Waals surface area contributed by atoms with Crippen molar-refractivity contribution in [1.82, 2.24) is 0 Å². The number of carboxylic acids is 1. The number of carbonyl (C=O) groups is 3. The smallest absolute Gasteiger partial charge is 0.475 e. The standard InChI is InChI=1S/C14H8O2.C2HF3O2/c15-13-9-5-1-2-6-10(9)14(16)12-8-4-3-7-11(12)13;3-2(4,5)1(6)7/h1-8H;(H,6,7). The Morgan fingerprint density at radius 2 is 0.957 bits per heavy atom. The molecule has 0 bridgehead atoms. The van der Waals surface area contributed by atoms with Crippen molar-refractivity contribution in [3.05, 3.63) is 70.8 Å². The summed E-state index contributed by atoms with van der Waals surface area (Å²) < 4.78 is 31.7. The Morgan fingerprint density at radius 3 is 1.13 bits per heavy atom. The van der Waals surface area contributed by atoms with Crippen LogP contribution in [0.2, 0.25) is 0 Å². The Kier molecular flexibility index (Phi) is 4.31. The summed E-state index contributed by atoms with van der Waals surface area (Å²) in [6.07, 6.45) is -5.08. The molecular formula is C16H9F3O4. The van der Waals surface area contributed by atoms with Gasteiger partial charge in [0.05, 0.1) is 0 Å². The number of carboxylic acid groups (broad SMARTS) is 1. The zero-order chi connectivity index (χ0) is 17.2. The third kappa shape index (κ3) is 3.28. The molecule has 1 aliphatic carbocycles. The highest BCUT2D eigenvalue weighted by atomic mass is 19.4. The summed E-state index contributed by atoms with van der Waals surface area (Å²) in [7, 11) is 0. The average molecular weight is 322 g/mol. The van der Waals surface area contributed by atoms with E-state index in [2.05, 4.69) is 0 Å². The van der Waals surface area contributed by atoms with E-state index < -0.39 is 12.1 Å². The number of halogens is 3. The normalized spacial score (nSPS) is 12.7. The van der Waals surface area contributed by atoms with Gasteiger partial charge in [-0.2, -0.15) is 13.2 Å². The van der Waals surface area contributed by atoms with Gasteiger partial charge in [-0.05, 0) is 0 Å². The predicted octanol–water partition coefficient (Wildman–Crippen LogP) is 3.10. The molecule has 0 saturated heterocycles. The predicted molar refractivity (Wildman–Crippen MR) is 73.4 cm³/mol. The molecule has 7 heteroatoms. The SMILES string of the molecule is O=C(O)C(F)(F)F.O=C1c2ccccc2C(=O)c2ccccc21. The van der Waals surface area contributed by atoms with Crippen molar-refractivity contribution in [2.75, 3.05) is 0 Å². The topological polar surface area (TPSA) is 71.4 Å². The van der Waals surface area contributed by atoms with Gasteiger partial charge in [-0.15, -0.1) is 0 Å². The van der Waals surface area contributed by atoms with E-state index in [1.807, 2.05) is 0 Å². The van der Waals surface area contributed by atoms with Gasteiger partial charge in [0, 0.05) is 22.3 Å². The first kappa shape index (κ1) is 16.4. The van der Waals surface area contributed by atoms with Crippen LogP contribution < -0.4 is 0 Å². The Hall–Kier alpha value is -2.96. The van der Waals surface area contributed by atoms with Crippen LogP contribution in [0.3, 0.4) is 0 Å². The van der Waals surface area contributed by atoms with Crippen LogP contribution in [-0.4, -0.2) is 28.8 Å². The molecule has 118 valence electrons. The van der Waals surface area contributed by atoms with Crippen LogP contribution in [0.1, 0.15) is 31.8 Å². The summed E-state index contributed by atoms with van der Waals surface area (Å²) in [6.45, 7) is 0. The van der Waals surface area contributed by atoms with Gasteiger partial charge in [0.2, 0.25) is 0 Å². The zero-order valence-electron chi connectivity index (χ0n) is 11.4. The van der Waals surface area contributed by atoms with Crippen molar-refractivity contribution >= 4 is 17.5 Å². The van der Waals surface area contributed by atoms with Crippen molar-refractivity contribution in [3.8, 4) is 0 Å². The highest BCUT2D eigenvalue weighted by Crippen LogP contribution is 2.26. The lowest BCUT2D eigenvalue weighted by Crippen LogP contribution is -2.21. The molecule has 0 saturated carbocycles. The average Bonchev–Trinajstić information content (AvgIpc) is 2.52. The van der Waals surface area contributed by atoms with Crippen molar-refractivity contribution in [1.29, 1.82) is 0 Å². The number of hydrogen-bond acceptors (Lipinski definition) is 3. The molecule has 3 rings (SSSR count). The van der Waals surface area contributed by atoms with E-state index in [9.17, 15) is 22.8 Å². The van der Waals surface area contributed by atoms with Crippen LogP contribution in [0, 0.1) is 0 Å². The van der Waals surface area contributed by atoms with Gasteiger partial charge in [0.1, 0.15) is 0 Å². The van der Waals surface area contributed by atoms with Crippen molar-refractivity contribution < 1.29 is 32.7 Å². The van der Waals surface area contributed by atoms with Crippen LogP contribution in [0.4, 0.5) is 13.2 Å². The van der Waals surface area contributed by atoms with Crippen molar-refractivity contribution in [2.24, 2.45) is 0 Å². The van der Waals surface area contributed by atoms with Crippen LogP contribution in [0.15, 0.2) is 48.5 Å². The maximum absolute atomic E-state index is 12.1. The quantitative estimate of drug-likeness (QED) is 0.690. The molecule has 4 nitrogen and oxygen atoms in total. The number of carbonyl (C=O) groups excluding carboxylic acids is 2. The molecule has 2 aromatic carbocycles. The van der Waals surface area contributed by atoms with E-state index in [1.54, 1.807) is 48.5 Å². The van der Waals surface area contributed by atoms with Gasteiger partial charge in [0.15, 0.2) is 11.6 Å². The van der Waals surface area contributed by atoms with Gasteiger partial charge in [-0.3, -0.25) is 9.59 Å². The summed E-state index contributed by atoms with van der Waals surface area (Å²) in [5.74, 6) is -2.89. The van der Waals surface area contributed by atoms with Gasteiger partial charge < -0.3 is 5.11 Å². The van der Waals surface area contributed by atoms with E-state index >= 15 is 0 Å². The fourth-order valence-electron chi connectivity index (χ4n) is 2.05. The number of aliphatic carboxylic acids is 1. The third-order valence-corrected chi connectivity index (χ3v) is 3.08. The van der Waals surface area contributed by atoms with Gasteiger partial charge in [0.25, 0.3) is 0 Å². The number of benzene rings is 2. The first-order valence-corrected chi connectivity index (χ1v) is 6.31. The van der Waals surface area contributed by atoms with Crippen LogP contribution in [0.25, 0.3) is 0 Å². The largest absolute Gasteiger partial charge is 0.490 e. The van der Waals surface area contributed by atoms with Gasteiger partial charge in [-0.1, -0.05) is 48.5 Å². The molecule has 0 spiro atoms. The maximum atomic E-state index is 12.1. The molecule has 0 heterocycles. The number of fused-ring (bicyclic) bond motifs is 2. The number of ketones is 2. The summed E-state index contributed by atoms with van der Waals surface area (Å²) >= 11 is 0. The molecule has 0 unspecified atom stereocenters. The van der Waals surface area contributed by atoms with E-state index in [0.29, 0.717) is 22.3 Å². The third-order valence-electron chi connectivity index (χ3n) is 3.08. The number of rotatable bonds is 0. The van der Waals surface area contributed by atoms with E-state index in [-0.39, 0.29) is 11.6 Å². The molecule has 1 N–H and O–H groups in total. The lowest BCUT2D eigenvalue weighted by molar-refractivity contribution is -0.192. The van der Waals surface area contributed by atoms with Crippen LogP contribution in [-0.2, 0) is 4.79 Å². The lowest BCUT2D eigenvalue weighted by Gasteiger charge is -2.16. The second kappa shape index (κ2) is 6.04. The monoisotopic (exact) mass is 322 g/mol. The van der Waals surface area contributed by atoms with E-state index in [4.69, 9.17) is 9.90 Å². The highest BCUT2D eigenvalue weighted by molar-refractivity contribution is 6.28. The minimum Gasteiger partial charge on any atom is -0.475 e. The molecule has 1 aliphatic rings. The summed E-state index contributed by atoms with van der Waals surface area (Å²) in [5.41, 5.74) is 2.02. The molecular weight excluding hydrogens is 313 g/mol. The summed E-state index contributed by atoms with van der Waals surface area (Å²) in [4.78, 5) is 33.1. The van der Waals surface area contributed by atoms with E-state index in [1.165, 1.54) is 0 Å². The zero-order valence-corrected chi connectivity index (χ0v) is 11.4. The Labute approximate surface area is 128 Å². The minimum absolute atomic E-state index is 0.0641. The molecule has 0 aliphatic heterocycles. The number of alkyl halides is 3. The second-order valence-electron chi connectivity index (χ2n) is 4.55. The van der Waals surface area contributed by atoms with Crippen LogP contribution >= 0.6 is 0 Å². The molecule has 23 heavy (non-hydrogen) atoms. The van der Waals surface area contributed by atoms with E-state index in [0.717, 1.165) is 0 Å². The fourth-order valence-corrected chi connectivity index (χ4v) is 2.05. The van der Waals surface area contributed by atoms with Crippen molar-refractivity contribution in [2.45, 2.75) is 6.18 Å². The van der Waals surface area contributed by atoms with Gasteiger partial charge in [-0.25, -0.2) is 4.79 Å².